The molecule has 1 amide bonds. The van der Waals surface area contributed by atoms with Crippen LogP contribution in [0.5, 0.6) is 0 Å². The summed E-state index contributed by atoms with van der Waals surface area (Å²) in [5.74, 6) is 0.758. The molecule has 0 aliphatic carbocycles. The molecule has 0 fully saturated rings. The largest absolute Gasteiger partial charge is 0.467 e. The normalized spacial score (nSPS) is 10.8. The van der Waals surface area contributed by atoms with Crippen LogP contribution in [0.25, 0.3) is 10.9 Å². The molecule has 0 spiro atoms. The molecular formula is C16H16N2O2. The summed E-state index contributed by atoms with van der Waals surface area (Å²) in [5, 5.41) is 3.99. The third-order valence-corrected chi connectivity index (χ3v) is 3.37. The number of carbonyl (C=O) groups excluding carboxylic acids is 1. The monoisotopic (exact) mass is 268 g/mol. The molecule has 0 radical (unpaired) electrons. The summed E-state index contributed by atoms with van der Waals surface area (Å²) in [7, 11) is 1.99. The Labute approximate surface area is 117 Å². The SMILES string of the molecule is Cn1cc(CC(=O)NCc2ccco2)c2ccccc21. The van der Waals surface area contributed by atoms with Crippen molar-refractivity contribution in [2.24, 2.45) is 7.05 Å². The van der Waals surface area contributed by atoms with Crippen LogP contribution in [-0.2, 0) is 24.8 Å². The summed E-state index contributed by atoms with van der Waals surface area (Å²) in [6.45, 7) is 0.427. The van der Waals surface area contributed by atoms with Gasteiger partial charge >= 0.3 is 0 Å². The quantitative estimate of drug-likeness (QED) is 0.790. The first-order valence-corrected chi connectivity index (χ1v) is 6.56. The zero-order chi connectivity index (χ0) is 13.9. The van der Waals surface area contributed by atoms with E-state index < -0.39 is 0 Å². The smallest absolute Gasteiger partial charge is 0.224 e. The van der Waals surface area contributed by atoms with Gasteiger partial charge in [-0.25, -0.2) is 0 Å². The second-order valence-corrected chi connectivity index (χ2v) is 4.82. The van der Waals surface area contributed by atoms with E-state index in [2.05, 4.69) is 11.4 Å². The van der Waals surface area contributed by atoms with Gasteiger partial charge in [-0.3, -0.25) is 4.79 Å². The first kappa shape index (κ1) is 12.5. The summed E-state index contributed by atoms with van der Waals surface area (Å²) in [4.78, 5) is 12.0. The molecule has 0 bridgehead atoms. The maximum absolute atomic E-state index is 12.0. The third-order valence-electron chi connectivity index (χ3n) is 3.37. The van der Waals surface area contributed by atoms with E-state index in [4.69, 9.17) is 4.42 Å². The van der Waals surface area contributed by atoms with Gasteiger partial charge in [-0.05, 0) is 23.8 Å². The van der Waals surface area contributed by atoms with Gasteiger partial charge in [-0.2, -0.15) is 0 Å². The van der Waals surface area contributed by atoms with Crippen LogP contribution in [0.1, 0.15) is 11.3 Å². The van der Waals surface area contributed by atoms with Crippen LogP contribution in [0.2, 0.25) is 0 Å². The molecule has 0 atom stereocenters. The zero-order valence-electron chi connectivity index (χ0n) is 11.3. The van der Waals surface area contributed by atoms with Crippen LogP contribution in [0.3, 0.4) is 0 Å². The Morgan fingerprint density at radius 2 is 2.10 bits per heavy atom. The molecule has 1 N–H and O–H groups in total. The van der Waals surface area contributed by atoms with Gasteiger partial charge in [-0.1, -0.05) is 18.2 Å². The van der Waals surface area contributed by atoms with Crippen molar-refractivity contribution in [3.8, 4) is 0 Å². The zero-order valence-corrected chi connectivity index (χ0v) is 11.3. The van der Waals surface area contributed by atoms with Crippen molar-refractivity contribution in [1.82, 2.24) is 9.88 Å². The number of hydrogen-bond acceptors (Lipinski definition) is 2. The van der Waals surface area contributed by atoms with Gasteiger partial charge in [0.2, 0.25) is 5.91 Å². The first-order chi connectivity index (χ1) is 9.74. The van der Waals surface area contributed by atoms with E-state index in [0.29, 0.717) is 13.0 Å². The lowest BCUT2D eigenvalue weighted by Crippen LogP contribution is -2.24. The highest BCUT2D eigenvalue weighted by Crippen LogP contribution is 2.20. The molecule has 4 nitrogen and oxygen atoms in total. The molecule has 20 heavy (non-hydrogen) atoms. The van der Waals surface area contributed by atoms with Gasteiger partial charge in [0.25, 0.3) is 0 Å². The molecule has 0 aliphatic rings. The number of fused-ring (bicyclic) bond motifs is 1. The van der Waals surface area contributed by atoms with Crippen molar-refractivity contribution in [1.29, 1.82) is 0 Å². The lowest BCUT2D eigenvalue weighted by Gasteiger charge is -2.02. The van der Waals surface area contributed by atoms with Crippen LogP contribution >= 0.6 is 0 Å². The topological polar surface area (TPSA) is 47.2 Å². The van der Waals surface area contributed by atoms with E-state index in [0.717, 1.165) is 22.2 Å². The molecule has 3 rings (SSSR count). The second-order valence-electron chi connectivity index (χ2n) is 4.82. The fourth-order valence-electron chi connectivity index (χ4n) is 2.40. The van der Waals surface area contributed by atoms with Crippen LogP contribution in [0, 0.1) is 0 Å². The van der Waals surface area contributed by atoms with Crippen LogP contribution in [0.4, 0.5) is 0 Å². The summed E-state index contributed by atoms with van der Waals surface area (Å²) in [5.41, 5.74) is 2.18. The number of benzene rings is 1. The number of amides is 1. The van der Waals surface area contributed by atoms with E-state index >= 15 is 0 Å². The highest BCUT2D eigenvalue weighted by atomic mass is 16.3. The van der Waals surface area contributed by atoms with Gasteiger partial charge in [0.15, 0.2) is 0 Å². The molecule has 2 heterocycles. The highest BCUT2D eigenvalue weighted by Gasteiger charge is 2.10. The molecule has 4 heteroatoms. The number of para-hydroxylation sites is 1. The van der Waals surface area contributed by atoms with Crippen molar-refractivity contribution in [2.75, 3.05) is 0 Å². The molecule has 0 saturated carbocycles. The van der Waals surface area contributed by atoms with E-state index in [1.807, 2.05) is 48.1 Å². The number of furan rings is 1. The molecule has 0 aliphatic heterocycles. The van der Waals surface area contributed by atoms with Gasteiger partial charge < -0.3 is 14.3 Å². The van der Waals surface area contributed by atoms with E-state index in [9.17, 15) is 4.79 Å². The molecule has 3 aromatic rings. The van der Waals surface area contributed by atoms with Crippen molar-refractivity contribution in [2.45, 2.75) is 13.0 Å². The summed E-state index contributed by atoms with van der Waals surface area (Å²) < 4.78 is 7.24. The van der Waals surface area contributed by atoms with Crippen molar-refractivity contribution >= 4 is 16.8 Å². The number of carbonyl (C=O) groups is 1. The predicted molar refractivity (Wildman–Crippen MR) is 77.2 cm³/mol. The molecule has 0 unspecified atom stereocenters. The lowest BCUT2D eigenvalue weighted by atomic mass is 10.1. The fourth-order valence-corrected chi connectivity index (χ4v) is 2.40. The summed E-state index contributed by atoms with van der Waals surface area (Å²) >= 11 is 0. The van der Waals surface area contributed by atoms with Gasteiger partial charge in [0.05, 0.1) is 19.2 Å². The van der Waals surface area contributed by atoms with Crippen LogP contribution < -0.4 is 5.32 Å². The van der Waals surface area contributed by atoms with Gasteiger partial charge in [0, 0.05) is 24.1 Å². The van der Waals surface area contributed by atoms with Crippen LogP contribution in [-0.4, -0.2) is 10.5 Å². The van der Waals surface area contributed by atoms with E-state index in [1.54, 1.807) is 6.26 Å². The summed E-state index contributed by atoms with van der Waals surface area (Å²) in [6, 6.07) is 11.8. The molecule has 0 saturated heterocycles. The Morgan fingerprint density at radius 1 is 1.25 bits per heavy atom. The van der Waals surface area contributed by atoms with Crippen molar-refractivity contribution in [3.05, 3.63) is 60.2 Å². The average Bonchev–Trinajstić information content (AvgIpc) is 3.07. The Morgan fingerprint density at radius 3 is 2.90 bits per heavy atom. The fraction of sp³-hybridized carbons (Fsp3) is 0.188. The van der Waals surface area contributed by atoms with Gasteiger partial charge in [-0.15, -0.1) is 0 Å². The number of aryl methyl sites for hydroxylation is 1. The number of nitrogens with zero attached hydrogens (tertiary/aromatic N) is 1. The molecular weight excluding hydrogens is 252 g/mol. The molecule has 1 aromatic carbocycles. The standard InChI is InChI=1S/C16H16N2O2/c1-18-11-12(14-6-2-3-7-15(14)18)9-16(19)17-10-13-5-4-8-20-13/h2-8,11H,9-10H2,1H3,(H,17,19). The minimum atomic E-state index is -0.00208. The number of nitrogens with one attached hydrogen (secondary N) is 1. The summed E-state index contributed by atoms with van der Waals surface area (Å²) in [6.07, 6.45) is 3.99. The average molecular weight is 268 g/mol. The van der Waals surface area contributed by atoms with E-state index in [-0.39, 0.29) is 5.91 Å². The Kier molecular flexibility index (Phi) is 3.29. The number of hydrogen-bond donors (Lipinski definition) is 1. The van der Waals surface area contributed by atoms with Crippen molar-refractivity contribution < 1.29 is 9.21 Å². The molecule has 102 valence electrons. The van der Waals surface area contributed by atoms with Crippen LogP contribution in [0.15, 0.2) is 53.3 Å². The van der Waals surface area contributed by atoms with Crippen molar-refractivity contribution in [3.63, 3.8) is 0 Å². The maximum atomic E-state index is 12.0. The lowest BCUT2D eigenvalue weighted by molar-refractivity contribution is -0.120. The Hall–Kier alpha value is -2.49. The minimum Gasteiger partial charge on any atom is -0.467 e. The first-order valence-electron chi connectivity index (χ1n) is 6.56. The number of rotatable bonds is 4. The predicted octanol–water partition coefficient (Wildman–Crippen LogP) is 2.63. The third kappa shape index (κ3) is 2.45. The molecule has 2 aromatic heterocycles. The number of aromatic nitrogens is 1. The Balaban J connectivity index is 1.71. The maximum Gasteiger partial charge on any atom is 0.224 e. The van der Waals surface area contributed by atoms with E-state index in [1.165, 1.54) is 0 Å². The van der Waals surface area contributed by atoms with Gasteiger partial charge in [0.1, 0.15) is 5.76 Å². The highest BCUT2D eigenvalue weighted by molar-refractivity contribution is 5.89. The second kappa shape index (κ2) is 5.25. The minimum absolute atomic E-state index is 0.00208. The Bertz CT molecular complexity index is 726.